The maximum atomic E-state index is 9.21. The van der Waals surface area contributed by atoms with E-state index in [0.717, 1.165) is 12.2 Å². The summed E-state index contributed by atoms with van der Waals surface area (Å²) in [4.78, 5) is 18.4. The number of rotatable bonds is 2. The lowest BCUT2D eigenvalue weighted by Gasteiger charge is -1.89. The Labute approximate surface area is 43.7 Å². The summed E-state index contributed by atoms with van der Waals surface area (Å²) >= 11 is 0. The average Bonchev–Trinajstić information content (AvgIpc) is 1.68. The minimum absolute atomic E-state index is 0.236. The Hall–Kier alpha value is -1.48. The maximum absolute atomic E-state index is 9.21. The van der Waals surface area contributed by atoms with Gasteiger partial charge in [0.15, 0.2) is 0 Å². The van der Waals surface area contributed by atoms with Crippen molar-refractivity contribution < 1.29 is 14.8 Å². The molecule has 6 heteroatoms. The van der Waals surface area contributed by atoms with Crippen LogP contribution in [0, 0.1) is 0 Å². The molecule has 0 unspecified atom stereocenters. The van der Waals surface area contributed by atoms with Gasteiger partial charge < -0.3 is 0 Å². The summed E-state index contributed by atoms with van der Waals surface area (Å²) in [5.41, 5.74) is 0. The molecule has 6 nitrogen and oxygen atoms in total. The summed E-state index contributed by atoms with van der Waals surface area (Å²) in [7, 11) is 0. The molecule has 0 heterocycles. The topological polar surface area (TPSA) is 82.3 Å². The van der Waals surface area contributed by atoms with Gasteiger partial charge >= 0.3 is 0 Å². The Kier molecular flexibility index (Phi) is 3.02. The number of isocyanates is 2. The van der Waals surface area contributed by atoms with Crippen molar-refractivity contribution in [2.75, 3.05) is 0 Å². The fourth-order valence-electron chi connectivity index (χ4n) is 0.0954. The van der Waals surface area contributed by atoms with Crippen molar-refractivity contribution in [1.29, 1.82) is 0 Å². The van der Waals surface area contributed by atoms with Gasteiger partial charge in [0.05, 0.1) is 0 Å². The Morgan fingerprint density at radius 3 is 1.88 bits per heavy atom. The molecule has 0 saturated carbocycles. The van der Waals surface area contributed by atoms with E-state index < -0.39 is 0 Å². The second-order valence-electron chi connectivity index (χ2n) is 0.651. The molecule has 0 saturated heterocycles. The van der Waals surface area contributed by atoms with Gasteiger partial charge in [-0.15, -0.1) is 0 Å². The Morgan fingerprint density at radius 1 is 1.25 bits per heavy atom. The summed E-state index contributed by atoms with van der Waals surface area (Å²) < 4.78 is 0. The van der Waals surface area contributed by atoms with Crippen molar-refractivity contribution in [2.24, 2.45) is 10.2 Å². The van der Waals surface area contributed by atoms with Crippen LogP contribution in [0.3, 0.4) is 0 Å². The highest BCUT2D eigenvalue weighted by atomic mass is 16.6. The van der Waals surface area contributed by atoms with E-state index in [9.17, 15) is 9.59 Å². The first kappa shape index (κ1) is 6.52. The highest BCUT2D eigenvalue weighted by Crippen LogP contribution is 1.75. The molecule has 0 aliphatic heterocycles. The number of nitrogens with zero attached hydrogens (tertiary/aromatic N) is 3. The van der Waals surface area contributed by atoms with E-state index >= 15 is 0 Å². The predicted octanol–water partition coefficient (Wildman–Crippen LogP) is -0.821. The molecule has 0 rings (SSSR count). The first-order chi connectivity index (χ1) is 3.81. The third-order valence-electron chi connectivity index (χ3n) is 0.261. The average molecular weight is 115 g/mol. The molecule has 8 heavy (non-hydrogen) atoms. The Bertz CT molecular complexity index is 136. The van der Waals surface area contributed by atoms with Gasteiger partial charge in [-0.2, -0.15) is 0 Å². The monoisotopic (exact) mass is 115 g/mol. The van der Waals surface area contributed by atoms with Gasteiger partial charge in [0.1, 0.15) is 0 Å². The second-order valence-corrected chi connectivity index (χ2v) is 0.651. The molecule has 42 valence electrons. The van der Waals surface area contributed by atoms with Gasteiger partial charge in [0, 0.05) is 0 Å². The zero-order valence-corrected chi connectivity index (χ0v) is 3.61. The molecule has 1 N–H and O–H groups in total. The molecule has 0 aromatic rings. The number of hydrogen-bond donors (Lipinski definition) is 1. The van der Waals surface area contributed by atoms with E-state index in [1.807, 2.05) is 0 Å². The number of hydrazone groups is 2. The number of hydrogen-bond acceptors (Lipinski definition) is 6. The van der Waals surface area contributed by atoms with Crippen molar-refractivity contribution in [3.63, 3.8) is 0 Å². The van der Waals surface area contributed by atoms with Crippen molar-refractivity contribution in [1.82, 2.24) is 5.28 Å². The van der Waals surface area contributed by atoms with Gasteiger partial charge in [0.2, 0.25) is 0 Å². The quantitative estimate of drug-likeness (QED) is 0.289. The molecule has 0 aliphatic carbocycles. The van der Waals surface area contributed by atoms with Crippen LogP contribution in [0.4, 0.5) is 0 Å². The molecule has 0 atom stereocenters. The van der Waals surface area contributed by atoms with Gasteiger partial charge in [-0.3, -0.25) is 0 Å². The van der Waals surface area contributed by atoms with Crippen LogP contribution in [0.1, 0.15) is 0 Å². The molecule has 0 spiro atoms. The molecular formula is C2HN3O3. The Morgan fingerprint density at radius 2 is 1.62 bits per heavy atom. The minimum Gasteiger partial charge on any atom is -0.250 e. The fourth-order valence-corrected chi connectivity index (χ4v) is 0.0954. The van der Waals surface area contributed by atoms with Crippen LogP contribution in [0.5, 0.6) is 0 Å². The highest BCUT2D eigenvalue weighted by molar-refractivity contribution is 5.34. The van der Waals surface area contributed by atoms with E-state index in [2.05, 4.69) is 10.2 Å². The molecular weight excluding hydrogens is 114 g/mol. The van der Waals surface area contributed by atoms with E-state index in [-0.39, 0.29) is 5.28 Å². The van der Waals surface area contributed by atoms with Crippen molar-refractivity contribution in [3.8, 4) is 0 Å². The molecule has 0 aromatic heterocycles. The lowest BCUT2D eigenvalue weighted by molar-refractivity contribution is -0.0878. The maximum Gasteiger partial charge on any atom is 0.262 e. The fraction of sp³-hybridized carbons (Fsp3) is 0. The second kappa shape index (κ2) is 3.70. The zero-order valence-electron chi connectivity index (χ0n) is 3.61. The molecule has 0 fully saturated rings. The summed E-state index contributed by atoms with van der Waals surface area (Å²) in [5, 5.41) is 12.7. The molecule has 0 amide bonds. The first-order valence-corrected chi connectivity index (χ1v) is 1.46. The lowest BCUT2D eigenvalue weighted by atomic mass is 11.6. The van der Waals surface area contributed by atoms with Crippen molar-refractivity contribution in [2.45, 2.75) is 0 Å². The number of carbonyl (C=O) groups excluding carboxylic acids is 2. The Balaban J connectivity index is 3.82. The smallest absolute Gasteiger partial charge is 0.250 e. The highest BCUT2D eigenvalue weighted by Gasteiger charge is 1.82. The van der Waals surface area contributed by atoms with E-state index in [1.165, 1.54) is 0 Å². The van der Waals surface area contributed by atoms with Gasteiger partial charge in [-0.05, 0) is 15.5 Å². The summed E-state index contributed by atoms with van der Waals surface area (Å²) in [6.07, 6.45) is 1.86. The van der Waals surface area contributed by atoms with Gasteiger partial charge in [0.25, 0.3) is 12.2 Å². The van der Waals surface area contributed by atoms with E-state index in [4.69, 9.17) is 5.21 Å². The van der Waals surface area contributed by atoms with Gasteiger partial charge in [-0.1, -0.05) is 0 Å². The van der Waals surface area contributed by atoms with Crippen LogP contribution in [0.2, 0.25) is 0 Å². The van der Waals surface area contributed by atoms with Crippen LogP contribution < -0.4 is 0 Å². The largest absolute Gasteiger partial charge is 0.262 e. The SMILES string of the molecule is O=C=NN(O)N=C=O. The standard InChI is InChI=1S/C2HN3O3/c6-1-3-5(8)4-2-7/h8H. The first-order valence-electron chi connectivity index (χ1n) is 1.46. The van der Waals surface area contributed by atoms with Crippen molar-refractivity contribution in [3.05, 3.63) is 0 Å². The minimum atomic E-state index is -0.236. The third kappa shape index (κ3) is 2.74. The molecule has 0 aliphatic rings. The third-order valence-corrected chi connectivity index (χ3v) is 0.261. The molecule has 0 radical (unpaired) electrons. The van der Waals surface area contributed by atoms with E-state index in [1.54, 1.807) is 0 Å². The zero-order chi connectivity index (χ0) is 6.41. The lowest BCUT2D eigenvalue weighted by Crippen LogP contribution is -1.99. The summed E-state index contributed by atoms with van der Waals surface area (Å²) in [6, 6.07) is 0. The van der Waals surface area contributed by atoms with Crippen LogP contribution in [-0.2, 0) is 9.59 Å². The normalized spacial score (nSPS) is 6.12. The van der Waals surface area contributed by atoms with Crippen LogP contribution in [-0.4, -0.2) is 22.6 Å². The van der Waals surface area contributed by atoms with Crippen LogP contribution in [0.25, 0.3) is 0 Å². The summed E-state index contributed by atoms with van der Waals surface area (Å²) in [6.45, 7) is 0. The predicted molar refractivity (Wildman–Crippen MR) is 19.9 cm³/mol. The van der Waals surface area contributed by atoms with E-state index in [0.29, 0.717) is 0 Å². The molecule has 0 aromatic carbocycles. The van der Waals surface area contributed by atoms with Crippen LogP contribution >= 0.6 is 0 Å². The summed E-state index contributed by atoms with van der Waals surface area (Å²) in [5.74, 6) is 0. The van der Waals surface area contributed by atoms with Crippen LogP contribution in [0.15, 0.2) is 10.2 Å². The van der Waals surface area contributed by atoms with Crippen molar-refractivity contribution >= 4 is 12.2 Å². The van der Waals surface area contributed by atoms with Gasteiger partial charge in [-0.25, -0.2) is 14.8 Å². The molecule has 0 bridgehead atoms.